The molecule has 0 bridgehead atoms. The van der Waals surface area contributed by atoms with Crippen molar-refractivity contribution in [3.63, 3.8) is 0 Å². The van der Waals surface area contributed by atoms with Crippen LogP contribution in [-0.4, -0.2) is 55.4 Å². The Kier molecular flexibility index (Phi) is 8.28. The monoisotopic (exact) mass is 437 g/mol. The maximum atomic E-state index is 12.6. The van der Waals surface area contributed by atoms with Crippen molar-refractivity contribution in [2.24, 2.45) is 11.8 Å². The van der Waals surface area contributed by atoms with E-state index in [0.717, 1.165) is 37.0 Å². The van der Waals surface area contributed by atoms with Crippen molar-refractivity contribution < 1.29 is 14.3 Å². The topological polar surface area (TPSA) is 61.9 Å². The lowest BCUT2D eigenvalue weighted by Crippen LogP contribution is -2.38. The van der Waals surface area contributed by atoms with Gasteiger partial charge in [-0.2, -0.15) is 0 Å². The fourth-order valence-corrected chi connectivity index (χ4v) is 4.23. The highest BCUT2D eigenvalue weighted by Gasteiger charge is 2.21. The van der Waals surface area contributed by atoms with Gasteiger partial charge in [0.25, 0.3) is 11.8 Å². The quantitative estimate of drug-likeness (QED) is 0.686. The Balaban J connectivity index is 1.49. The number of ether oxygens (including phenoxy) is 1. The van der Waals surface area contributed by atoms with Gasteiger partial charge in [0.05, 0.1) is 0 Å². The molecule has 1 N–H and O–H groups in total. The van der Waals surface area contributed by atoms with E-state index < -0.39 is 0 Å². The first-order valence-electron chi connectivity index (χ1n) is 11.3. The van der Waals surface area contributed by atoms with E-state index in [4.69, 9.17) is 4.74 Å². The molecule has 172 valence electrons. The minimum absolute atomic E-state index is 0.0559. The van der Waals surface area contributed by atoms with Gasteiger partial charge >= 0.3 is 0 Å². The Labute approximate surface area is 191 Å². The summed E-state index contributed by atoms with van der Waals surface area (Å²) in [5.41, 5.74) is 2.87. The van der Waals surface area contributed by atoms with Gasteiger partial charge in [0, 0.05) is 45.8 Å². The zero-order chi connectivity index (χ0) is 23.1. The van der Waals surface area contributed by atoms with E-state index in [1.807, 2.05) is 0 Å². The van der Waals surface area contributed by atoms with Gasteiger partial charge in [0.2, 0.25) is 0 Å². The summed E-state index contributed by atoms with van der Waals surface area (Å²) in [6, 6.07) is 15.4. The van der Waals surface area contributed by atoms with Crippen LogP contribution in [0.4, 0.5) is 0 Å². The normalized spacial score (nSPS) is 18.8. The van der Waals surface area contributed by atoms with E-state index in [0.29, 0.717) is 17.9 Å². The van der Waals surface area contributed by atoms with Crippen molar-refractivity contribution in [3.05, 3.63) is 65.2 Å². The summed E-state index contributed by atoms with van der Waals surface area (Å²) < 4.78 is 5.50. The minimum atomic E-state index is -0.172. The number of piperidine rings is 1. The highest BCUT2D eigenvalue weighted by Crippen LogP contribution is 2.22. The number of carbonyl (C=O) groups excluding carboxylic acids is 2. The Morgan fingerprint density at radius 3 is 2.34 bits per heavy atom. The molecule has 2 aromatic rings. The van der Waals surface area contributed by atoms with Gasteiger partial charge in [-0.1, -0.05) is 44.2 Å². The summed E-state index contributed by atoms with van der Waals surface area (Å²) in [5, 5.41) is 2.96. The molecule has 2 unspecified atom stereocenters. The molecule has 0 radical (unpaired) electrons. The fourth-order valence-electron chi connectivity index (χ4n) is 4.23. The summed E-state index contributed by atoms with van der Waals surface area (Å²) in [6.07, 6.45) is 1.32. The van der Waals surface area contributed by atoms with Crippen molar-refractivity contribution in [2.75, 3.05) is 33.8 Å². The number of carbonyl (C=O) groups is 2. The lowest BCUT2D eigenvalue weighted by atomic mass is 9.91. The molecule has 3 rings (SSSR count). The lowest BCUT2D eigenvalue weighted by Gasteiger charge is -2.35. The van der Waals surface area contributed by atoms with E-state index in [1.54, 1.807) is 38.4 Å². The molecule has 1 fully saturated rings. The van der Waals surface area contributed by atoms with Gasteiger partial charge < -0.3 is 15.0 Å². The molecule has 6 nitrogen and oxygen atoms in total. The molecule has 6 heteroatoms. The van der Waals surface area contributed by atoms with Crippen LogP contribution in [0.2, 0.25) is 0 Å². The molecule has 2 atom stereocenters. The first-order chi connectivity index (χ1) is 15.3. The van der Waals surface area contributed by atoms with Crippen LogP contribution in [0.5, 0.6) is 5.75 Å². The molecule has 0 saturated carbocycles. The van der Waals surface area contributed by atoms with Gasteiger partial charge in [-0.05, 0) is 47.6 Å². The number of benzene rings is 2. The first-order valence-corrected chi connectivity index (χ1v) is 11.3. The maximum absolute atomic E-state index is 12.6. The van der Waals surface area contributed by atoms with Crippen LogP contribution in [0, 0.1) is 11.8 Å². The number of likely N-dealkylation sites (tertiary alicyclic amines) is 1. The van der Waals surface area contributed by atoms with Crippen LogP contribution >= 0.6 is 0 Å². The smallest absolute Gasteiger partial charge is 0.259 e. The zero-order valence-corrected chi connectivity index (χ0v) is 19.6. The van der Waals surface area contributed by atoms with E-state index in [-0.39, 0.29) is 18.4 Å². The summed E-state index contributed by atoms with van der Waals surface area (Å²) in [4.78, 5) is 28.2. The third-order valence-electron chi connectivity index (χ3n) is 5.78. The van der Waals surface area contributed by atoms with Crippen molar-refractivity contribution in [3.8, 4) is 5.75 Å². The zero-order valence-electron chi connectivity index (χ0n) is 19.6. The van der Waals surface area contributed by atoms with Crippen LogP contribution in [0.25, 0.3) is 0 Å². The molecular formula is C26H35N3O3. The first kappa shape index (κ1) is 23.8. The second kappa shape index (κ2) is 11.1. The molecule has 2 aromatic carbocycles. The number of amides is 2. The lowest BCUT2D eigenvalue weighted by molar-refractivity contribution is -0.130. The highest BCUT2D eigenvalue weighted by atomic mass is 16.5. The Morgan fingerprint density at radius 2 is 1.69 bits per heavy atom. The molecule has 0 aromatic heterocycles. The summed E-state index contributed by atoms with van der Waals surface area (Å²) >= 11 is 0. The molecule has 1 heterocycles. The third-order valence-corrected chi connectivity index (χ3v) is 5.78. The SMILES string of the molecule is CC1CC(C)CN(Cc2ccc(CNC(=O)c3cccc(OCC(=O)N(C)C)c3)cc2)C1. The second-order valence-electron chi connectivity index (χ2n) is 9.24. The molecule has 1 aliphatic heterocycles. The van der Waals surface area contributed by atoms with Gasteiger partial charge in [-0.15, -0.1) is 0 Å². The minimum Gasteiger partial charge on any atom is -0.484 e. The van der Waals surface area contributed by atoms with Crippen molar-refractivity contribution in [1.29, 1.82) is 0 Å². The average molecular weight is 438 g/mol. The van der Waals surface area contributed by atoms with Gasteiger partial charge in [0.15, 0.2) is 6.61 Å². The Hall–Kier alpha value is -2.86. The molecule has 0 aliphatic carbocycles. The molecule has 2 amide bonds. The number of nitrogens with one attached hydrogen (secondary N) is 1. The van der Waals surface area contributed by atoms with Crippen LogP contribution < -0.4 is 10.1 Å². The largest absolute Gasteiger partial charge is 0.484 e. The Bertz CT molecular complexity index is 901. The van der Waals surface area contributed by atoms with Crippen LogP contribution in [-0.2, 0) is 17.9 Å². The van der Waals surface area contributed by atoms with Gasteiger partial charge in [-0.25, -0.2) is 0 Å². The van der Waals surface area contributed by atoms with Crippen molar-refractivity contribution in [1.82, 2.24) is 15.1 Å². The van der Waals surface area contributed by atoms with Gasteiger partial charge in [0.1, 0.15) is 5.75 Å². The molecule has 0 spiro atoms. The number of hydrogen-bond acceptors (Lipinski definition) is 4. The Morgan fingerprint density at radius 1 is 1.03 bits per heavy atom. The maximum Gasteiger partial charge on any atom is 0.259 e. The predicted octanol–water partition coefficient (Wildman–Crippen LogP) is 3.56. The summed E-state index contributed by atoms with van der Waals surface area (Å²) in [7, 11) is 3.35. The van der Waals surface area contributed by atoms with Gasteiger partial charge in [-0.3, -0.25) is 14.5 Å². The molecule has 1 saturated heterocycles. The number of nitrogens with zero attached hydrogens (tertiary/aromatic N) is 2. The highest BCUT2D eigenvalue weighted by molar-refractivity contribution is 5.94. The fraction of sp³-hybridized carbons (Fsp3) is 0.462. The third kappa shape index (κ3) is 7.09. The van der Waals surface area contributed by atoms with Crippen molar-refractivity contribution >= 4 is 11.8 Å². The number of hydrogen-bond donors (Lipinski definition) is 1. The van der Waals surface area contributed by atoms with Crippen LogP contribution in [0.15, 0.2) is 48.5 Å². The predicted molar refractivity (Wildman–Crippen MR) is 126 cm³/mol. The average Bonchev–Trinajstić information content (AvgIpc) is 2.76. The second-order valence-corrected chi connectivity index (χ2v) is 9.24. The number of rotatable bonds is 8. The van der Waals surface area contributed by atoms with E-state index in [2.05, 4.69) is 48.3 Å². The van der Waals surface area contributed by atoms with E-state index in [9.17, 15) is 9.59 Å². The molecule has 1 aliphatic rings. The van der Waals surface area contributed by atoms with E-state index >= 15 is 0 Å². The molecular weight excluding hydrogens is 402 g/mol. The number of likely N-dealkylation sites (N-methyl/N-ethyl adjacent to an activating group) is 1. The van der Waals surface area contributed by atoms with E-state index in [1.165, 1.54) is 16.9 Å². The standard InChI is InChI=1S/C26H35N3O3/c1-19-12-20(2)16-29(15-19)17-22-10-8-21(9-11-22)14-27-26(31)23-6-5-7-24(13-23)32-18-25(30)28(3)4/h5-11,13,19-20H,12,14-18H2,1-4H3,(H,27,31). The molecule has 32 heavy (non-hydrogen) atoms. The van der Waals surface area contributed by atoms with Crippen molar-refractivity contribution in [2.45, 2.75) is 33.4 Å². The summed E-state index contributed by atoms with van der Waals surface area (Å²) in [5.74, 6) is 1.71. The van der Waals surface area contributed by atoms with Crippen LogP contribution in [0.1, 0.15) is 41.8 Å². The van der Waals surface area contributed by atoms with Crippen LogP contribution in [0.3, 0.4) is 0 Å². The summed E-state index contributed by atoms with van der Waals surface area (Å²) in [6.45, 7) is 8.37.